The Hall–Kier alpha value is -1.63. The van der Waals surface area contributed by atoms with Crippen LogP contribution in [-0.4, -0.2) is 54.1 Å². The van der Waals surface area contributed by atoms with Gasteiger partial charge in [-0.25, -0.2) is 0 Å². The summed E-state index contributed by atoms with van der Waals surface area (Å²) in [5, 5.41) is 15.3. The molecule has 1 aromatic carbocycles. The number of aliphatic hydroxyl groups excluding tert-OH is 1. The number of amides is 2. The summed E-state index contributed by atoms with van der Waals surface area (Å²) in [6.45, 7) is 4.27. The fourth-order valence-corrected chi connectivity index (χ4v) is 2.66. The number of benzene rings is 1. The maximum Gasteiger partial charge on any atom is 0.243 e. The molecule has 2 unspecified atom stereocenters. The second-order valence-corrected chi connectivity index (χ2v) is 5.86. The van der Waals surface area contributed by atoms with Crippen LogP contribution in [0.25, 0.3) is 0 Å². The second-order valence-electron chi connectivity index (χ2n) is 5.86. The highest BCUT2D eigenvalue weighted by atomic mass is 35.5. The Morgan fingerprint density at radius 3 is 2.48 bits per heavy atom. The number of carbonyl (C=O) groups excluding carboxylic acids is 2. The van der Waals surface area contributed by atoms with E-state index in [1.807, 2.05) is 32.0 Å². The Morgan fingerprint density at radius 1 is 1.35 bits per heavy atom. The van der Waals surface area contributed by atoms with Crippen molar-refractivity contribution in [1.82, 2.24) is 10.2 Å². The van der Waals surface area contributed by atoms with Crippen LogP contribution in [0.5, 0.6) is 0 Å². The number of aryl methyl sites for hydroxylation is 2. The zero-order valence-corrected chi connectivity index (χ0v) is 14.4. The molecule has 7 heteroatoms. The van der Waals surface area contributed by atoms with Crippen molar-refractivity contribution in [2.75, 3.05) is 25.5 Å². The second kappa shape index (κ2) is 8.29. The van der Waals surface area contributed by atoms with Gasteiger partial charge in [0.05, 0.1) is 18.7 Å². The van der Waals surface area contributed by atoms with E-state index in [0.717, 1.165) is 16.8 Å². The smallest absolute Gasteiger partial charge is 0.243 e. The highest BCUT2D eigenvalue weighted by Gasteiger charge is 2.30. The standard InChI is InChI=1S/C16H23N3O3.ClH/c1-10-5-4-6-11(2)15(10)18-14(21)9-19(3)16(22)13-7-12(20)8-17-13;/h4-6,12-13,17,20H,7-9H2,1-3H3,(H,18,21);1H. The summed E-state index contributed by atoms with van der Waals surface area (Å²) in [6, 6.07) is 5.39. The number of hydrogen-bond donors (Lipinski definition) is 3. The van der Waals surface area contributed by atoms with Crippen molar-refractivity contribution in [3.8, 4) is 0 Å². The van der Waals surface area contributed by atoms with E-state index >= 15 is 0 Å². The molecular weight excluding hydrogens is 318 g/mol. The number of aliphatic hydroxyl groups is 1. The topological polar surface area (TPSA) is 81.7 Å². The number of anilines is 1. The number of nitrogens with zero attached hydrogens (tertiary/aromatic N) is 1. The van der Waals surface area contributed by atoms with Crippen LogP contribution in [0.4, 0.5) is 5.69 Å². The van der Waals surface area contributed by atoms with Gasteiger partial charge < -0.3 is 20.6 Å². The predicted octanol–water partition coefficient (Wildman–Crippen LogP) is 0.845. The lowest BCUT2D eigenvalue weighted by Gasteiger charge is -2.21. The molecule has 0 spiro atoms. The van der Waals surface area contributed by atoms with E-state index in [-0.39, 0.29) is 30.8 Å². The van der Waals surface area contributed by atoms with Crippen molar-refractivity contribution in [2.24, 2.45) is 0 Å². The van der Waals surface area contributed by atoms with Gasteiger partial charge in [0.1, 0.15) is 0 Å². The molecule has 0 saturated carbocycles. The van der Waals surface area contributed by atoms with Crippen LogP contribution in [-0.2, 0) is 9.59 Å². The SMILES string of the molecule is Cc1cccc(C)c1NC(=O)CN(C)C(=O)C1CC(O)CN1.Cl. The minimum atomic E-state index is -0.495. The van der Waals surface area contributed by atoms with E-state index < -0.39 is 12.1 Å². The lowest BCUT2D eigenvalue weighted by Crippen LogP contribution is -2.44. The third kappa shape index (κ3) is 4.92. The predicted molar refractivity (Wildman–Crippen MR) is 91.8 cm³/mol. The van der Waals surface area contributed by atoms with Crippen molar-refractivity contribution < 1.29 is 14.7 Å². The average Bonchev–Trinajstić information content (AvgIpc) is 2.88. The molecule has 0 aliphatic carbocycles. The highest BCUT2D eigenvalue weighted by Crippen LogP contribution is 2.19. The van der Waals surface area contributed by atoms with E-state index in [0.29, 0.717) is 13.0 Å². The van der Waals surface area contributed by atoms with Gasteiger partial charge in [-0.1, -0.05) is 18.2 Å². The lowest BCUT2D eigenvalue weighted by atomic mass is 10.1. The van der Waals surface area contributed by atoms with E-state index in [2.05, 4.69) is 10.6 Å². The van der Waals surface area contributed by atoms with Gasteiger partial charge in [-0.05, 0) is 31.4 Å². The van der Waals surface area contributed by atoms with Crippen LogP contribution in [0.1, 0.15) is 17.5 Å². The van der Waals surface area contributed by atoms with Crippen LogP contribution >= 0.6 is 12.4 Å². The number of nitrogens with one attached hydrogen (secondary N) is 2. The number of para-hydroxylation sites is 1. The Kier molecular flexibility index (Phi) is 7.00. The minimum Gasteiger partial charge on any atom is -0.392 e. The van der Waals surface area contributed by atoms with E-state index in [1.165, 1.54) is 4.90 Å². The zero-order valence-electron chi connectivity index (χ0n) is 13.6. The monoisotopic (exact) mass is 341 g/mol. The molecule has 1 heterocycles. The number of β-amino-alcohol motifs (C(OH)–C–C–N with tert-alkyl or cyclic N) is 1. The largest absolute Gasteiger partial charge is 0.392 e. The normalized spacial score (nSPS) is 19.8. The van der Waals surface area contributed by atoms with Crippen molar-refractivity contribution in [2.45, 2.75) is 32.4 Å². The van der Waals surface area contributed by atoms with Crippen LogP contribution < -0.4 is 10.6 Å². The number of carbonyl (C=O) groups is 2. The summed E-state index contributed by atoms with van der Waals surface area (Å²) in [7, 11) is 1.60. The Balaban J connectivity index is 0.00000264. The molecule has 0 radical (unpaired) electrons. The van der Waals surface area contributed by atoms with Gasteiger partial charge >= 0.3 is 0 Å². The van der Waals surface area contributed by atoms with Crippen molar-refractivity contribution >= 4 is 29.9 Å². The summed E-state index contributed by atoms with van der Waals surface area (Å²) < 4.78 is 0. The molecule has 1 saturated heterocycles. The van der Waals surface area contributed by atoms with Crippen LogP contribution in [0.2, 0.25) is 0 Å². The van der Waals surface area contributed by atoms with Crippen LogP contribution in [0, 0.1) is 13.8 Å². The molecule has 2 amide bonds. The summed E-state index contributed by atoms with van der Waals surface area (Å²) in [5.74, 6) is -0.403. The van der Waals surface area contributed by atoms with Crippen molar-refractivity contribution in [1.29, 1.82) is 0 Å². The minimum absolute atomic E-state index is 0. The zero-order chi connectivity index (χ0) is 16.3. The van der Waals surface area contributed by atoms with Crippen molar-refractivity contribution in [3.05, 3.63) is 29.3 Å². The maximum absolute atomic E-state index is 12.2. The van der Waals surface area contributed by atoms with Gasteiger partial charge in [-0.3, -0.25) is 9.59 Å². The molecular formula is C16H24ClN3O3. The third-order valence-electron chi connectivity index (χ3n) is 3.91. The number of likely N-dealkylation sites (N-methyl/N-ethyl adjacent to an activating group) is 1. The molecule has 6 nitrogen and oxygen atoms in total. The molecule has 23 heavy (non-hydrogen) atoms. The Morgan fingerprint density at radius 2 is 1.96 bits per heavy atom. The third-order valence-corrected chi connectivity index (χ3v) is 3.91. The molecule has 1 aromatic rings. The summed E-state index contributed by atoms with van der Waals surface area (Å²) in [4.78, 5) is 25.7. The van der Waals surface area contributed by atoms with E-state index in [9.17, 15) is 14.7 Å². The molecule has 2 atom stereocenters. The first-order chi connectivity index (χ1) is 10.4. The van der Waals surface area contributed by atoms with Gasteiger partial charge in [0.2, 0.25) is 11.8 Å². The molecule has 128 valence electrons. The van der Waals surface area contributed by atoms with Gasteiger partial charge in [0, 0.05) is 19.3 Å². The van der Waals surface area contributed by atoms with Crippen LogP contribution in [0.3, 0.4) is 0 Å². The number of rotatable bonds is 4. The van der Waals surface area contributed by atoms with Crippen molar-refractivity contribution in [3.63, 3.8) is 0 Å². The Bertz CT molecular complexity index is 559. The maximum atomic E-state index is 12.2. The fourth-order valence-electron chi connectivity index (χ4n) is 2.66. The first-order valence-corrected chi connectivity index (χ1v) is 7.41. The summed E-state index contributed by atoms with van der Waals surface area (Å²) in [6.07, 6.45) is -0.104. The highest BCUT2D eigenvalue weighted by molar-refractivity contribution is 5.96. The van der Waals surface area contributed by atoms with Gasteiger partial charge in [-0.2, -0.15) is 0 Å². The van der Waals surface area contributed by atoms with E-state index in [1.54, 1.807) is 7.05 Å². The van der Waals surface area contributed by atoms with Gasteiger partial charge in [-0.15, -0.1) is 12.4 Å². The summed E-state index contributed by atoms with van der Waals surface area (Å²) in [5.41, 5.74) is 2.77. The Labute approximate surface area is 142 Å². The molecule has 1 fully saturated rings. The first-order valence-electron chi connectivity index (χ1n) is 7.41. The van der Waals surface area contributed by atoms with E-state index in [4.69, 9.17) is 0 Å². The number of hydrogen-bond acceptors (Lipinski definition) is 4. The average molecular weight is 342 g/mol. The summed E-state index contributed by atoms with van der Waals surface area (Å²) >= 11 is 0. The molecule has 2 rings (SSSR count). The number of halogens is 1. The molecule has 0 bridgehead atoms. The quantitative estimate of drug-likeness (QED) is 0.758. The molecule has 0 aromatic heterocycles. The van der Waals surface area contributed by atoms with Crippen LogP contribution in [0.15, 0.2) is 18.2 Å². The first kappa shape index (κ1) is 19.4. The molecule has 1 aliphatic heterocycles. The fraction of sp³-hybridized carbons (Fsp3) is 0.500. The lowest BCUT2D eigenvalue weighted by molar-refractivity contribution is -0.134. The van der Waals surface area contributed by atoms with Gasteiger partial charge in [0.25, 0.3) is 0 Å². The van der Waals surface area contributed by atoms with Gasteiger partial charge in [0.15, 0.2) is 0 Å². The molecule has 1 aliphatic rings. The molecule has 3 N–H and O–H groups in total.